The summed E-state index contributed by atoms with van der Waals surface area (Å²) in [6.45, 7) is 6.16. The molecule has 6 nitrogen and oxygen atoms in total. The lowest BCUT2D eigenvalue weighted by atomic mass is 10.1. The summed E-state index contributed by atoms with van der Waals surface area (Å²) in [7, 11) is 1.69. The van der Waals surface area contributed by atoms with E-state index in [4.69, 9.17) is 0 Å². The van der Waals surface area contributed by atoms with Crippen LogP contribution in [0.1, 0.15) is 28.3 Å². The second-order valence-corrected chi connectivity index (χ2v) is 6.30. The molecule has 0 aliphatic rings. The maximum absolute atomic E-state index is 11.0. The van der Waals surface area contributed by atoms with Crippen LogP contribution in [0, 0.1) is 24.0 Å². The Morgan fingerprint density at radius 1 is 1.29 bits per heavy atom. The smallest absolute Gasteiger partial charge is 0.276 e. The molecule has 1 unspecified atom stereocenters. The summed E-state index contributed by atoms with van der Waals surface area (Å²) < 4.78 is 0. The highest BCUT2D eigenvalue weighted by atomic mass is 32.1. The fraction of sp³-hybridized carbons (Fsp3) is 0.357. The quantitative estimate of drug-likeness (QED) is 0.647. The number of aryl methyl sites for hydroxylation is 2. The predicted octanol–water partition coefficient (Wildman–Crippen LogP) is 3.88. The molecular weight excluding hydrogens is 288 g/mol. The number of rotatable bonds is 5. The van der Waals surface area contributed by atoms with Gasteiger partial charge in [-0.3, -0.25) is 10.1 Å². The van der Waals surface area contributed by atoms with Gasteiger partial charge in [-0.25, -0.2) is 4.98 Å². The maximum Gasteiger partial charge on any atom is 0.276 e. The van der Waals surface area contributed by atoms with Gasteiger partial charge in [-0.2, -0.15) is 0 Å². The van der Waals surface area contributed by atoms with E-state index in [1.807, 2.05) is 6.92 Å². The molecule has 0 bridgehead atoms. The fourth-order valence-electron chi connectivity index (χ4n) is 2.20. The zero-order valence-electron chi connectivity index (χ0n) is 12.4. The first-order valence-electron chi connectivity index (χ1n) is 6.58. The van der Waals surface area contributed by atoms with E-state index in [0.717, 1.165) is 0 Å². The maximum atomic E-state index is 11.0. The summed E-state index contributed by atoms with van der Waals surface area (Å²) in [5.41, 5.74) is 1.21. The molecule has 1 atom stereocenters. The standard InChI is InChI=1S/C14H18N4O2S/c1-8-5-12(10(3)21-8)9(2)16-14-7-11(18(19)20)6-13(15-4)17-14/h5-7,9H,1-4H3,(H2,15,16,17). The first-order valence-corrected chi connectivity index (χ1v) is 7.40. The van der Waals surface area contributed by atoms with E-state index < -0.39 is 4.92 Å². The van der Waals surface area contributed by atoms with E-state index in [0.29, 0.717) is 11.6 Å². The lowest BCUT2D eigenvalue weighted by Crippen LogP contribution is -2.09. The zero-order chi connectivity index (χ0) is 15.6. The van der Waals surface area contributed by atoms with Gasteiger partial charge in [0.05, 0.1) is 23.1 Å². The minimum Gasteiger partial charge on any atom is -0.373 e. The van der Waals surface area contributed by atoms with Crippen molar-refractivity contribution in [1.29, 1.82) is 0 Å². The number of hydrogen-bond donors (Lipinski definition) is 2. The fourth-order valence-corrected chi connectivity index (χ4v) is 3.23. The van der Waals surface area contributed by atoms with Crippen molar-refractivity contribution in [2.75, 3.05) is 17.7 Å². The van der Waals surface area contributed by atoms with Gasteiger partial charge >= 0.3 is 0 Å². The number of nitro groups is 1. The van der Waals surface area contributed by atoms with Crippen LogP contribution in [0.2, 0.25) is 0 Å². The molecule has 0 aliphatic carbocycles. The van der Waals surface area contributed by atoms with Crippen molar-refractivity contribution < 1.29 is 4.92 Å². The van der Waals surface area contributed by atoms with Gasteiger partial charge in [0.25, 0.3) is 5.69 Å². The number of anilines is 2. The molecule has 7 heteroatoms. The third kappa shape index (κ3) is 3.49. The van der Waals surface area contributed by atoms with Crippen LogP contribution in [-0.4, -0.2) is 17.0 Å². The molecule has 21 heavy (non-hydrogen) atoms. The Balaban J connectivity index is 2.28. The molecular formula is C14H18N4O2S. The third-order valence-corrected chi connectivity index (χ3v) is 4.17. The van der Waals surface area contributed by atoms with Crippen LogP contribution in [0.25, 0.3) is 0 Å². The minimum absolute atomic E-state index is 0.0160. The summed E-state index contributed by atoms with van der Waals surface area (Å²) in [5.74, 6) is 0.960. The molecule has 0 aliphatic heterocycles. The van der Waals surface area contributed by atoms with Gasteiger partial charge in [0.15, 0.2) is 0 Å². The molecule has 0 saturated heterocycles. The van der Waals surface area contributed by atoms with Crippen LogP contribution in [0.15, 0.2) is 18.2 Å². The molecule has 0 fully saturated rings. The summed E-state index contributed by atoms with van der Waals surface area (Å²) in [6.07, 6.45) is 0. The largest absolute Gasteiger partial charge is 0.373 e. The topological polar surface area (TPSA) is 80.1 Å². The van der Waals surface area contributed by atoms with Gasteiger partial charge in [0.1, 0.15) is 11.6 Å². The Hall–Kier alpha value is -2.15. The van der Waals surface area contributed by atoms with Crippen LogP contribution in [-0.2, 0) is 0 Å². The SMILES string of the molecule is CNc1cc([N+](=O)[O-])cc(NC(C)c2cc(C)sc2C)n1. The molecule has 0 amide bonds. The van der Waals surface area contributed by atoms with Crippen molar-refractivity contribution in [3.05, 3.63) is 43.6 Å². The Kier molecular flexibility index (Phi) is 4.42. The van der Waals surface area contributed by atoms with Crippen LogP contribution >= 0.6 is 11.3 Å². The molecule has 0 saturated carbocycles. The Morgan fingerprint density at radius 2 is 1.95 bits per heavy atom. The van der Waals surface area contributed by atoms with Gasteiger partial charge in [-0.15, -0.1) is 11.3 Å². The Morgan fingerprint density at radius 3 is 2.48 bits per heavy atom. The van der Waals surface area contributed by atoms with Crippen molar-refractivity contribution in [3.8, 4) is 0 Å². The van der Waals surface area contributed by atoms with E-state index in [2.05, 4.69) is 35.5 Å². The van der Waals surface area contributed by atoms with Gasteiger partial charge < -0.3 is 10.6 Å². The average molecular weight is 306 g/mol. The third-order valence-electron chi connectivity index (χ3n) is 3.19. The molecule has 2 heterocycles. The normalized spacial score (nSPS) is 12.0. The summed E-state index contributed by atoms with van der Waals surface area (Å²) in [4.78, 5) is 17.3. The van der Waals surface area contributed by atoms with E-state index in [1.54, 1.807) is 18.4 Å². The summed E-state index contributed by atoms with van der Waals surface area (Å²) >= 11 is 1.74. The minimum atomic E-state index is -0.418. The van der Waals surface area contributed by atoms with Gasteiger partial charge in [0.2, 0.25) is 0 Å². The highest BCUT2D eigenvalue weighted by Gasteiger charge is 2.15. The van der Waals surface area contributed by atoms with Crippen molar-refractivity contribution >= 4 is 28.7 Å². The van der Waals surface area contributed by atoms with E-state index in [9.17, 15) is 10.1 Å². The molecule has 0 spiro atoms. The number of nitrogens with zero attached hydrogens (tertiary/aromatic N) is 2. The summed E-state index contributed by atoms with van der Waals surface area (Å²) in [6, 6.07) is 5.03. The lowest BCUT2D eigenvalue weighted by Gasteiger charge is -2.15. The second kappa shape index (κ2) is 6.09. The molecule has 112 valence electrons. The van der Waals surface area contributed by atoms with Gasteiger partial charge in [-0.1, -0.05) is 0 Å². The highest BCUT2D eigenvalue weighted by molar-refractivity contribution is 7.12. The molecule has 2 aromatic heterocycles. The highest BCUT2D eigenvalue weighted by Crippen LogP contribution is 2.29. The number of aromatic nitrogens is 1. The van der Waals surface area contributed by atoms with Crippen LogP contribution < -0.4 is 10.6 Å². The van der Waals surface area contributed by atoms with Gasteiger partial charge in [0, 0.05) is 16.8 Å². The van der Waals surface area contributed by atoms with E-state index >= 15 is 0 Å². The lowest BCUT2D eigenvalue weighted by molar-refractivity contribution is -0.384. The van der Waals surface area contributed by atoms with E-state index in [-0.39, 0.29) is 11.7 Å². The zero-order valence-corrected chi connectivity index (χ0v) is 13.2. The monoisotopic (exact) mass is 306 g/mol. The van der Waals surface area contributed by atoms with Crippen LogP contribution in [0.4, 0.5) is 17.3 Å². The van der Waals surface area contributed by atoms with Gasteiger partial charge in [-0.05, 0) is 32.4 Å². The number of nitrogens with one attached hydrogen (secondary N) is 2. The molecule has 2 N–H and O–H groups in total. The van der Waals surface area contributed by atoms with Crippen LogP contribution in [0.5, 0.6) is 0 Å². The number of hydrogen-bond acceptors (Lipinski definition) is 6. The molecule has 2 rings (SSSR count). The van der Waals surface area contributed by atoms with Crippen molar-refractivity contribution in [2.24, 2.45) is 0 Å². The first-order chi connectivity index (χ1) is 9.90. The van der Waals surface area contributed by atoms with Crippen molar-refractivity contribution in [1.82, 2.24) is 4.98 Å². The Bertz CT molecular complexity index is 669. The van der Waals surface area contributed by atoms with Crippen molar-refractivity contribution in [3.63, 3.8) is 0 Å². The first kappa shape index (κ1) is 15.2. The average Bonchev–Trinajstić information content (AvgIpc) is 2.77. The molecule has 2 aromatic rings. The second-order valence-electron chi connectivity index (χ2n) is 4.84. The van der Waals surface area contributed by atoms with E-state index in [1.165, 1.54) is 27.5 Å². The molecule has 0 aromatic carbocycles. The summed E-state index contributed by atoms with van der Waals surface area (Å²) in [5, 5.41) is 17.0. The Labute approximate surface area is 127 Å². The predicted molar refractivity (Wildman–Crippen MR) is 86.3 cm³/mol. The molecule has 0 radical (unpaired) electrons. The van der Waals surface area contributed by atoms with Crippen molar-refractivity contribution in [2.45, 2.75) is 26.8 Å². The number of thiophene rings is 1. The van der Waals surface area contributed by atoms with Crippen LogP contribution in [0.3, 0.4) is 0 Å². The number of pyridine rings is 1.